The summed E-state index contributed by atoms with van der Waals surface area (Å²) in [6.45, 7) is 3.46. The van der Waals surface area contributed by atoms with Crippen molar-refractivity contribution in [1.29, 1.82) is 0 Å². The molecule has 0 saturated carbocycles. The highest BCUT2D eigenvalue weighted by Crippen LogP contribution is 2.32. The van der Waals surface area contributed by atoms with E-state index in [0.717, 1.165) is 44.0 Å². The molecule has 0 amide bonds. The number of hydrogen-bond donors (Lipinski definition) is 1. The number of anilines is 3. The van der Waals surface area contributed by atoms with E-state index in [4.69, 9.17) is 10.5 Å². The van der Waals surface area contributed by atoms with Crippen LogP contribution in [0.2, 0.25) is 0 Å². The van der Waals surface area contributed by atoms with Crippen molar-refractivity contribution >= 4 is 29.6 Å². The molecule has 1 aromatic heterocycles. The molecule has 2 N–H and O–H groups in total. The van der Waals surface area contributed by atoms with E-state index in [9.17, 15) is 0 Å². The van der Waals surface area contributed by atoms with Crippen LogP contribution in [0, 0.1) is 0 Å². The van der Waals surface area contributed by atoms with Crippen molar-refractivity contribution in [2.75, 3.05) is 49.4 Å². The minimum Gasteiger partial charge on any atom is -0.398 e. The van der Waals surface area contributed by atoms with Gasteiger partial charge in [0, 0.05) is 51.4 Å². The Labute approximate surface area is 156 Å². The molecule has 2 heterocycles. The third kappa shape index (κ3) is 4.55. The van der Waals surface area contributed by atoms with E-state index >= 15 is 0 Å². The van der Waals surface area contributed by atoms with Crippen LogP contribution in [-0.4, -0.2) is 38.8 Å². The molecule has 0 radical (unpaired) electrons. The molecule has 0 spiro atoms. The number of pyridine rings is 1. The summed E-state index contributed by atoms with van der Waals surface area (Å²) in [5, 5.41) is 0. The van der Waals surface area contributed by atoms with Crippen LogP contribution in [-0.2, 0) is 17.7 Å². The van der Waals surface area contributed by atoms with Gasteiger partial charge >= 0.3 is 0 Å². The van der Waals surface area contributed by atoms with Gasteiger partial charge in [0.15, 0.2) is 0 Å². The van der Waals surface area contributed by atoms with Crippen LogP contribution >= 0.6 is 12.4 Å². The summed E-state index contributed by atoms with van der Waals surface area (Å²) >= 11 is 0. The van der Waals surface area contributed by atoms with Crippen LogP contribution in [0.4, 0.5) is 17.2 Å². The van der Waals surface area contributed by atoms with Gasteiger partial charge in [0.1, 0.15) is 5.82 Å². The third-order valence-electron chi connectivity index (χ3n) is 4.59. The molecule has 2 aromatic rings. The van der Waals surface area contributed by atoms with Gasteiger partial charge in [0.2, 0.25) is 0 Å². The Bertz CT molecular complexity index is 678. The van der Waals surface area contributed by atoms with Crippen molar-refractivity contribution in [2.45, 2.75) is 19.4 Å². The van der Waals surface area contributed by atoms with Crippen LogP contribution in [0.1, 0.15) is 17.5 Å². The number of likely N-dealkylation sites (N-methyl/N-ethyl adjacent to an activating group) is 1. The lowest BCUT2D eigenvalue weighted by molar-refractivity contribution is 0.206. The highest BCUT2D eigenvalue weighted by molar-refractivity contribution is 5.85. The van der Waals surface area contributed by atoms with E-state index in [1.165, 1.54) is 16.8 Å². The van der Waals surface area contributed by atoms with Crippen molar-refractivity contribution in [2.24, 2.45) is 0 Å². The average Bonchev–Trinajstić information content (AvgIpc) is 2.61. The molecule has 1 aliphatic rings. The molecule has 0 saturated heterocycles. The van der Waals surface area contributed by atoms with Crippen LogP contribution in [0.3, 0.4) is 0 Å². The average molecular weight is 363 g/mol. The molecule has 1 aromatic carbocycles. The number of hydrogen-bond acceptors (Lipinski definition) is 5. The molecule has 6 heteroatoms. The number of benzene rings is 1. The van der Waals surface area contributed by atoms with Gasteiger partial charge in [-0.05, 0) is 42.2 Å². The zero-order chi connectivity index (χ0) is 16.9. The van der Waals surface area contributed by atoms with Crippen LogP contribution in [0.25, 0.3) is 0 Å². The highest BCUT2D eigenvalue weighted by atomic mass is 35.5. The molecule has 0 unspecified atom stereocenters. The Morgan fingerprint density at radius 2 is 2.12 bits per heavy atom. The lowest BCUT2D eigenvalue weighted by atomic mass is 9.99. The molecule has 25 heavy (non-hydrogen) atoms. The van der Waals surface area contributed by atoms with E-state index in [-0.39, 0.29) is 12.4 Å². The van der Waals surface area contributed by atoms with Crippen molar-refractivity contribution in [3.05, 3.63) is 47.7 Å². The summed E-state index contributed by atoms with van der Waals surface area (Å²) in [4.78, 5) is 9.09. The van der Waals surface area contributed by atoms with E-state index in [0.29, 0.717) is 6.61 Å². The Balaban J connectivity index is 0.00000225. The van der Waals surface area contributed by atoms with Gasteiger partial charge in [0.25, 0.3) is 0 Å². The largest absolute Gasteiger partial charge is 0.398 e. The Morgan fingerprint density at radius 3 is 2.84 bits per heavy atom. The number of aromatic nitrogens is 1. The summed E-state index contributed by atoms with van der Waals surface area (Å²) in [7, 11) is 3.75. The summed E-state index contributed by atoms with van der Waals surface area (Å²) in [5.41, 5.74) is 10.8. The van der Waals surface area contributed by atoms with Gasteiger partial charge in [-0.1, -0.05) is 12.1 Å². The molecule has 3 rings (SSSR count). The van der Waals surface area contributed by atoms with E-state index in [1.54, 1.807) is 7.11 Å². The van der Waals surface area contributed by atoms with Gasteiger partial charge < -0.3 is 20.3 Å². The Morgan fingerprint density at radius 1 is 1.28 bits per heavy atom. The summed E-state index contributed by atoms with van der Waals surface area (Å²) < 4.78 is 5.11. The highest BCUT2D eigenvalue weighted by Gasteiger charge is 2.18. The lowest BCUT2D eigenvalue weighted by Gasteiger charge is -2.32. The Hall–Kier alpha value is -1.98. The number of rotatable bonds is 6. The first-order valence-electron chi connectivity index (χ1n) is 8.46. The number of ether oxygens (including phenoxy) is 1. The quantitative estimate of drug-likeness (QED) is 0.800. The third-order valence-corrected chi connectivity index (χ3v) is 4.59. The van der Waals surface area contributed by atoms with Gasteiger partial charge in [0.05, 0.1) is 6.61 Å². The second kappa shape index (κ2) is 8.92. The number of nitrogen functional groups attached to an aromatic ring is 1. The zero-order valence-electron chi connectivity index (χ0n) is 14.9. The Kier molecular flexibility index (Phi) is 6.91. The van der Waals surface area contributed by atoms with Crippen molar-refractivity contribution in [3.8, 4) is 0 Å². The first-order chi connectivity index (χ1) is 11.7. The first kappa shape index (κ1) is 19.3. The van der Waals surface area contributed by atoms with E-state index < -0.39 is 0 Å². The number of fused-ring (bicyclic) bond motifs is 1. The van der Waals surface area contributed by atoms with Crippen molar-refractivity contribution in [1.82, 2.24) is 4.98 Å². The van der Waals surface area contributed by atoms with Crippen LogP contribution in [0.15, 0.2) is 36.5 Å². The summed E-state index contributed by atoms with van der Waals surface area (Å²) in [6.07, 6.45) is 4.19. The fourth-order valence-corrected chi connectivity index (χ4v) is 3.19. The second-order valence-electron chi connectivity index (χ2n) is 6.31. The predicted molar refractivity (Wildman–Crippen MR) is 107 cm³/mol. The topological polar surface area (TPSA) is 54.6 Å². The molecule has 5 nitrogen and oxygen atoms in total. The standard InChI is InChI=1S/C19H26N4O.ClH/c1-22(11-12-24-2)19-9-8-15(13-21-19)14-23-10-4-5-16-17(20)6-3-7-18(16)23;/h3,6-9,13H,4-5,10-12,14,20H2,1-2H3;1H. The number of nitrogens with two attached hydrogens (primary N) is 1. The van der Waals surface area contributed by atoms with Crippen LogP contribution in [0.5, 0.6) is 0 Å². The monoisotopic (exact) mass is 362 g/mol. The fraction of sp³-hybridized carbons (Fsp3) is 0.421. The summed E-state index contributed by atoms with van der Waals surface area (Å²) in [5.74, 6) is 0.971. The van der Waals surface area contributed by atoms with E-state index in [1.807, 2.05) is 25.4 Å². The van der Waals surface area contributed by atoms with Gasteiger partial charge in [-0.3, -0.25) is 0 Å². The van der Waals surface area contributed by atoms with Crippen LogP contribution < -0.4 is 15.5 Å². The maximum absolute atomic E-state index is 6.14. The maximum Gasteiger partial charge on any atom is 0.128 e. The predicted octanol–water partition coefficient (Wildman–Crippen LogP) is 3.12. The maximum atomic E-state index is 6.14. The number of halogens is 1. The number of nitrogens with zero attached hydrogens (tertiary/aromatic N) is 3. The lowest BCUT2D eigenvalue weighted by Crippen LogP contribution is -2.29. The molecular weight excluding hydrogens is 336 g/mol. The second-order valence-corrected chi connectivity index (χ2v) is 6.31. The molecule has 0 aliphatic carbocycles. The molecular formula is C19H27ClN4O. The molecule has 0 bridgehead atoms. The molecule has 136 valence electrons. The first-order valence-corrected chi connectivity index (χ1v) is 8.46. The van der Waals surface area contributed by atoms with Gasteiger partial charge in [-0.25, -0.2) is 4.98 Å². The van der Waals surface area contributed by atoms with Crippen molar-refractivity contribution < 1.29 is 4.74 Å². The molecule has 0 atom stereocenters. The fourth-order valence-electron chi connectivity index (χ4n) is 3.19. The normalized spacial score (nSPS) is 13.1. The number of methoxy groups -OCH3 is 1. The summed E-state index contributed by atoms with van der Waals surface area (Å²) in [6, 6.07) is 10.4. The van der Waals surface area contributed by atoms with Gasteiger partial charge in [-0.2, -0.15) is 0 Å². The SMILES string of the molecule is COCCN(C)c1ccc(CN2CCCc3c(N)cccc32)cn1.Cl. The minimum absolute atomic E-state index is 0. The van der Waals surface area contributed by atoms with Crippen molar-refractivity contribution in [3.63, 3.8) is 0 Å². The van der Waals surface area contributed by atoms with Gasteiger partial charge in [-0.15, -0.1) is 12.4 Å². The van der Waals surface area contributed by atoms with E-state index in [2.05, 4.69) is 33.0 Å². The smallest absolute Gasteiger partial charge is 0.128 e. The minimum atomic E-state index is 0. The zero-order valence-corrected chi connectivity index (χ0v) is 15.8. The molecule has 1 aliphatic heterocycles. The molecule has 0 fully saturated rings.